The van der Waals surface area contributed by atoms with E-state index in [0.717, 1.165) is 0 Å². The highest BCUT2D eigenvalue weighted by Gasteiger charge is 2.33. The van der Waals surface area contributed by atoms with Crippen LogP contribution in [0.5, 0.6) is 0 Å². The number of hydrogen-bond donors (Lipinski definition) is 1. The summed E-state index contributed by atoms with van der Waals surface area (Å²) < 4.78 is 13.2. The van der Waals surface area contributed by atoms with Crippen molar-refractivity contribution in [2.45, 2.75) is 19.3 Å². The van der Waals surface area contributed by atoms with Gasteiger partial charge in [-0.25, -0.2) is 4.39 Å². The van der Waals surface area contributed by atoms with Crippen molar-refractivity contribution < 1.29 is 14.0 Å². The molecule has 0 aromatic heterocycles. The Morgan fingerprint density at radius 3 is 2.71 bits per heavy atom. The highest BCUT2D eigenvalue weighted by molar-refractivity contribution is 6.30. The Bertz CT molecular complexity index is 469. The lowest BCUT2D eigenvalue weighted by Crippen LogP contribution is -2.43. The van der Waals surface area contributed by atoms with E-state index in [2.05, 4.69) is 5.32 Å². The van der Waals surface area contributed by atoms with E-state index < -0.39 is 5.82 Å². The summed E-state index contributed by atoms with van der Waals surface area (Å²) in [5, 5.41) is 2.52. The van der Waals surface area contributed by atoms with Gasteiger partial charge in [0.25, 0.3) is 0 Å². The molecule has 0 saturated carbocycles. The summed E-state index contributed by atoms with van der Waals surface area (Å²) in [5.74, 6) is -1.81. The van der Waals surface area contributed by atoms with Crippen LogP contribution in [0.4, 0.5) is 4.39 Å². The molecule has 1 aliphatic rings. The molecule has 2 amide bonds. The van der Waals surface area contributed by atoms with Crippen LogP contribution in [0.2, 0.25) is 5.02 Å². The van der Waals surface area contributed by atoms with Crippen LogP contribution in [0.15, 0.2) is 18.2 Å². The molecule has 2 atom stereocenters. The lowest BCUT2D eigenvalue weighted by atomic mass is 9.81. The molecular formula is C12H11ClFNO2. The zero-order chi connectivity index (χ0) is 12.6. The maximum atomic E-state index is 13.2. The predicted octanol–water partition coefficient (Wildman–Crippen LogP) is 2.25. The van der Waals surface area contributed by atoms with Crippen LogP contribution in [0.3, 0.4) is 0 Å². The van der Waals surface area contributed by atoms with Crippen LogP contribution in [-0.2, 0) is 9.59 Å². The van der Waals surface area contributed by atoms with Crippen molar-refractivity contribution in [2.75, 3.05) is 0 Å². The number of nitrogens with one attached hydrogen (secondary N) is 1. The summed E-state index contributed by atoms with van der Waals surface area (Å²) in [6, 6.07) is 4.11. The first-order valence-electron chi connectivity index (χ1n) is 5.27. The maximum Gasteiger partial charge on any atom is 0.230 e. The van der Waals surface area contributed by atoms with E-state index in [1.54, 1.807) is 13.0 Å². The highest BCUT2D eigenvalue weighted by atomic mass is 35.5. The quantitative estimate of drug-likeness (QED) is 0.783. The summed E-state index contributed by atoms with van der Waals surface area (Å²) in [7, 11) is 0. The molecular weight excluding hydrogens is 245 g/mol. The third-order valence-corrected chi connectivity index (χ3v) is 3.22. The largest absolute Gasteiger partial charge is 0.296 e. The number of carbonyl (C=O) groups excluding carboxylic acids is 2. The molecule has 90 valence electrons. The van der Waals surface area contributed by atoms with Gasteiger partial charge < -0.3 is 0 Å². The zero-order valence-electron chi connectivity index (χ0n) is 9.17. The average Bonchev–Trinajstić information content (AvgIpc) is 2.22. The Labute approximate surface area is 103 Å². The number of hydrogen-bond acceptors (Lipinski definition) is 2. The second-order valence-corrected chi connectivity index (χ2v) is 4.65. The summed E-state index contributed by atoms with van der Waals surface area (Å²) in [5.41, 5.74) is 0.589. The third-order valence-electron chi connectivity index (χ3n) is 3.00. The van der Waals surface area contributed by atoms with Crippen molar-refractivity contribution >= 4 is 23.4 Å². The zero-order valence-corrected chi connectivity index (χ0v) is 9.92. The molecule has 0 spiro atoms. The number of rotatable bonds is 1. The van der Waals surface area contributed by atoms with E-state index in [-0.39, 0.29) is 35.1 Å². The number of halogens is 2. The standard InChI is InChI=1S/C12H11ClFNO2/c1-6-10(5-11(16)15-12(6)17)7-2-8(13)4-9(14)3-7/h2-4,6,10H,5H2,1H3,(H,15,16,17). The summed E-state index contributed by atoms with van der Waals surface area (Å²) in [6.45, 7) is 1.71. The fourth-order valence-corrected chi connectivity index (χ4v) is 2.29. The first-order valence-corrected chi connectivity index (χ1v) is 5.65. The monoisotopic (exact) mass is 255 g/mol. The predicted molar refractivity (Wildman–Crippen MR) is 61.1 cm³/mol. The van der Waals surface area contributed by atoms with E-state index in [1.807, 2.05) is 0 Å². The van der Waals surface area contributed by atoms with Crippen LogP contribution in [0, 0.1) is 11.7 Å². The normalized spacial score (nSPS) is 24.6. The van der Waals surface area contributed by atoms with Crippen LogP contribution >= 0.6 is 11.6 Å². The number of piperidine rings is 1. The molecule has 17 heavy (non-hydrogen) atoms. The minimum atomic E-state index is -0.460. The van der Waals surface area contributed by atoms with Gasteiger partial charge in [-0.05, 0) is 23.8 Å². The van der Waals surface area contributed by atoms with Gasteiger partial charge in [-0.3, -0.25) is 14.9 Å². The number of imide groups is 1. The smallest absolute Gasteiger partial charge is 0.230 e. The van der Waals surface area contributed by atoms with Crippen molar-refractivity contribution in [1.82, 2.24) is 5.32 Å². The van der Waals surface area contributed by atoms with Gasteiger partial charge >= 0.3 is 0 Å². The molecule has 1 heterocycles. The van der Waals surface area contributed by atoms with Gasteiger partial charge in [0.05, 0.1) is 0 Å². The summed E-state index contributed by atoms with van der Waals surface area (Å²) in [4.78, 5) is 22.8. The SMILES string of the molecule is CC1C(=O)NC(=O)CC1c1cc(F)cc(Cl)c1. The molecule has 1 aliphatic heterocycles. The molecule has 1 N–H and O–H groups in total. The Balaban J connectivity index is 2.37. The molecule has 0 aliphatic carbocycles. The molecule has 3 nitrogen and oxygen atoms in total. The van der Waals surface area contributed by atoms with Crippen LogP contribution in [0.25, 0.3) is 0 Å². The van der Waals surface area contributed by atoms with Crippen molar-refractivity contribution in [1.29, 1.82) is 0 Å². The van der Waals surface area contributed by atoms with E-state index in [4.69, 9.17) is 11.6 Å². The molecule has 2 rings (SSSR count). The van der Waals surface area contributed by atoms with Gasteiger partial charge in [0.1, 0.15) is 5.82 Å². The van der Waals surface area contributed by atoms with Crippen molar-refractivity contribution in [2.24, 2.45) is 5.92 Å². The second kappa shape index (κ2) is 4.45. The van der Waals surface area contributed by atoms with Crippen molar-refractivity contribution in [3.8, 4) is 0 Å². The van der Waals surface area contributed by atoms with E-state index >= 15 is 0 Å². The maximum absolute atomic E-state index is 13.2. The molecule has 1 aromatic rings. The van der Waals surface area contributed by atoms with Gasteiger partial charge in [0.15, 0.2) is 0 Å². The van der Waals surface area contributed by atoms with Crippen molar-refractivity contribution in [3.63, 3.8) is 0 Å². The van der Waals surface area contributed by atoms with Crippen LogP contribution in [0.1, 0.15) is 24.8 Å². The van der Waals surface area contributed by atoms with Crippen LogP contribution < -0.4 is 5.32 Å². The molecule has 0 radical (unpaired) electrons. The van der Waals surface area contributed by atoms with Gasteiger partial charge in [-0.1, -0.05) is 18.5 Å². The highest BCUT2D eigenvalue weighted by Crippen LogP contribution is 2.32. The second-order valence-electron chi connectivity index (χ2n) is 4.21. The first kappa shape index (κ1) is 12.0. The van der Waals surface area contributed by atoms with E-state index in [9.17, 15) is 14.0 Å². The fraction of sp³-hybridized carbons (Fsp3) is 0.333. The number of carbonyl (C=O) groups is 2. The van der Waals surface area contributed by atoms with Crippen LogP contribution in [-0.4, -0.2) is 11.8 Å². The Morgan fingerprint density at radius 1 is 1.35 bits per heavy atom. The van der Waals surface area contributed by atoms with Gasteiger partial charge in [-0.15, -0.1) is 0 Å². The topological polar surface area (TPSA) is 46.2 Å². The van der Waals surface area contributed by atoms with E-state index in [1.165, 1.54) is 12.1 Å². The number of benzene rings is 1. The van der Waals surface area contributed by atoms with Gasteiger partial charge in [-0.2, -0.15) is 0 Å². The minimum Gasteiger partial charge on any atom is -0.296 e. The molecule has 1 saturated heterocycles. The Hall–Kier alpha value is -1.42. The lowest BCUT2D eigenvalue weighted by molar-refractivity contribution is -0.136. The molecule has 2 unspecified atom stereocenters. The molecule has 5 heteroatoms. The average molecular weight is 256 g/mol. The fourth-order valence-electron chi connectivity index (χ4n) is 2.06. The van der Waals surface area contributed by atoms with E-state index in [0.29, 0.717) is 5.56 Å². The molecule has 0 bridgehead atoms. The lowest BCUT2D eigenvalue weighted by Gasteiger charge is -2.27. The Morgan fingerprint density at radius 2 is 2.06 bits per heavy atom. The third kappa shape index (κ3) is 2.47. The van der Waals surface area contributed by atoms with Gasteiger partial charge in [0.2, 0.25) is 11.8 Å². The summed E-state index contributed by atoms with van der Waals surface area (Å²) >= 11 is 5.76. The Kier molecular flexibility index (Phi) is 3.15. The minimum absolute atomic E-state index is 0.173. The van der Waals surface area contributed by atoms with Crippen molar-refractivity contribution in [3.05, 3.63) is 34.6 Å². The van der Waals surface area contributed by atoms with Gasteiger partial charge in [0, 0.05) is 23.3 Å². The first-order chi connectivity index (χ1) is 7.97. The molecule has 1 fully saturated rings. The number of amides is 2. The molecule has 1 aromatic carbocycles. The summed E-state index contributed by atoms with van der Waals surface area (Å²) in [6.07, 6.45) is 0.173.